The van der Waals surface area contributed by atoms with Crippen molar-refractivity contribution in [2.75, 3.05) is 0 Å². The molecule has 0 N–H and O–H groups in total. The molecule has 0 aromatic rings. The molecule has 0 heteroatoms. The average molecular weight is 221 g/mol. The third-order valence-corrected chi connectivity index (χ3v) is 2.77. The molecule has 0 aromatic carbocycles. The molecule has 0 aliphatic heterocycles. The number of unbranched alkanes of at least 4 members (excludes halogenated alkanes) is 8. The third kappa shape index (κ3) is 13.5. The molecule has 93 valence electrons. The highest BCUT2D eigenvalue weighted by Gasteiger charge is 1.89. The van der Waals surface area contributed by atoms with Crippen LogP contribution >= 0.6 is 0 Å². The molecule has 0 spiro atoms. The van der Waals surface area contributed by atoms with Gasteiger partial charge in [0, 0.05) is 0 Å². The summed E-state index contributed by atoms with van der Waals surface area (Å²) in [5.74, 6) is 0. The molecule has 0 saturated heterocycles. The first kappa shape index (κ1) is 15.5. The molecule has 0 aliphatic rings. The Kier molecular flexibility index (Phi) is 14.0. The van der Waals surface area contributed by atoms with Crippen molar-refractivity contribution >= 4 is 0 Å². The lowest BCUT2D eigenvalue weighted by Crippen LogP contribution is -1.79. The van der Waals surface area contributed by atoms with Crippen molar-refractivity contribution in [3.8, 4) is 0 Å². The van der Waals surface area contributed by atoms with Crippen LogP contribution in [0.5, 0.6) is 0 Å². The Balaban J connectivity index is 3.03. The van der Waals surface area contributed by atoms with Crippen LogP contribution in [-0.2, 0) is 0 Å². The van der Waals surface area contributed by atoms with E-state index < -0.39 is 0 Å². The van der Waals surface area contributed by atoms with E-state index >= 15 is 0 Å². The van der Waals surface area contributed by atoms with Gasteiger partial charge in [-0.15, -0.1) is 0 Å². The third-order valence-electron chi connectivity index (χ3n) is 2.77. The van der Waals surface area contributed by atoms with Crippen molar-refractivity contribution in [2.24, 2.45) is 0 Å². The topological polar surface area (TPSA) is 0 Å². The lowest BCUT2D eigenvalue weighted by molar-refractivity contribution is 0.577. The average Bonchev–Trinajstić information content (AvgIpc) is 2.31. The van der Waals surface area contributed by atoms with Crippen LogP contribution < -0.4 is 0 Å². The maximum Gasteiger partial charge on any atom is -0.0347 e. The van der Waals surface area contributed by atoms with Crippen molar-refractivity contribution < 1.29 is 0 Å². The predicted molar refractivity (Wildman–Crippen MR) is 75.5 cm³/mol. The zero-order valence-electron chi connectivity index (χ0n) is 11.1. The van der Waals surface area contributed by atoms with E-state index in [1.807, 2.05) is 0 Å². The van der Waals surface area contributed by atoms with Crippen LogP contribution in [0.3, 0.4) is 0 Å². The van der Waals surface area contributed by atoms with Crippen LogP contribution in [0, 0.1) is 6.92 Å². The second kappa shape index (κ2) is 14.5. The molecule has 0 bridgehead atoms. The summed E-state index contributed by atoms with van der Waals surface area (Å²) in [6, 6.07) is 0. The summed E-state index contributed by atoms with van der Waals surface area (Å²) >= 11 is 0. The van der Waals surface area contributed by atoms with Gasteiger partial charge in [0.15, 0.2) is 0 Å². The molecule has 1 radical (unpaired) electrons. The number of rotatable bonds is 11. The van der Waals surface area contributed by atoms with E-state index in [4.69, 9.17) is 0 Å². The van der Waals surface area contributed by atoms with Crippen LogP contribution in [0.15, 0.2) is 24.3 Å². The molecule has 0 heterocycles. The fourth-order valence-electron chi connectivity index (χ4n) is 1.75. The van der Waals surface area contributed by atoms with Gasteiger partial charge in [-0.3, -0.25) is 0 Å². The molecular formula is C16H29. The van der Waals surface area contributed by atoms with Crippen LogP contribution in [0.4, 0.5) is 0 Å². The Morgan fingerprint density at radius 2 is 1.31 bits per heavy atom. The first-order chi connectivity index (χ1) is 7.91. The number of hydrogen-bond acceptors (Lipinski definition) is 0. The zero-order valence-corrected chi connectivity index (χ0v) is 11.1. The smallest absolute Gasteiger partial charge is 0.0347 e. The molecule has 0 amide bonds. The molecule has 0 nitrogen and oxygen atoms in total. The van der Waals surface area contributed by atoms with Crippen LogP contribution in [0.1, 0.15) is 71.1 Å². The lowest BCUT2D eigenvalue weighted by atomic mass is 10.1. The van der Waals surface area contributed by atoms with Crippen molar-refractivity contribution in [2.45, 2.75) is 71.1 Å². The quantitative estimate of drug-likeness (QED) is 0.303. The summed E-state index contributed by atoms with van der Waals surface area (Å²) in [6.45, 7) is 6.03. The van der Waals surface area contributed by atoms with Crippen molar-refractivity contribution in [1.29, 1.82) is 0 Å². The highest BCUT2D eigenvalue weighted by Crippen LogP contribution is 2.09. The van der Waals surface area contributed by atoms with E-state index in [-0.39, 0.29) is 0 Å². The van der Waals surface area contributed by atoms with Gasteiger partial charge >= 0.3 is 0 Å². The standard InChI is InChI=1S/C16H29/c1-3-5-7-9-11-13-15-16-14-12-10-8-6-4-2/h5,7,9,11H,1,3-4,6,8,10,12-16H2,2H3. The largest absolute Gasteiger partial charge is 0.0845 e. The summed E-state index contributed by atoms with van der Waals surface area (Å²) in [5.41, 5.74) is 0. The summed E-state index contributed by atoms with van der Waals surface area (Å²) in [5, 5.41) is 0. The van der Waals surface area contributed by atoms with Crippen molar-refractivity contribution in [1.82, 2.24) is 0 Å². The molecule has 0 aliphatic carbocycles. The van der Waals surface area contributed by atoms with Gasteiger partial charge in [0.25, 0.3) is 0 Å². The van der Waals surface area contributed by atoms with E-state index in [9.17, 15) is 0 Å². The minimum Gasteiger partial charge on any atom is -0.0845 e. The van der Waals surface area contributed by atoms with Crippen molar-refractivity contribution in [3.63, 3.8) is 0 Å². The van der Waals surface area contributed by atoms with Gasteiger partial charge in [-0.05, 0) is 26.2 Å². The van der Waals surface area contributed by atoms with E-state index in [1.54, 1.807) is 0 Å². The zero-order chi connectivity index (χ0) is 11.9. The second-order valence-electron chi connectivity index (χ2n) is 4.41. The van der Waals surface area contributed by atoms with Gasteiger partial charge in [-0.1, -0.05) is 76.2 Å². The molecule has 0 unspecified atom stereocenters. The lowest BCUT2D eigenvalue weighted by Gasteiger charge is -1.99. The van der Waals surface area contributed by atoms with Gasteiger partial charge in [0.05, 0.1) is 0 Å². The summed E-state index contributed by atoms with van der Waals surface area (Å²) in [6.07, 6.45) is 22.0. The monoisotopic (exact) mass is 221 g/mol. The summed E-state index contributed by atoms with van der Waals surface area (Å²) in [7, 11) is 0. The molecule has 0 fully saturated rings. The fourth-order valence-corrected chi connectivity index (χ4v) is 1.75. The molecule has 0 rings (SSSR count). The van der Waals surface area contributed by atoms with E-state index in [0.29, 0.717) is 0 Å². The van der Waals surface area contributed by atoms with Crippen LogP contribution in [0.25, 0.3) is 0 Å². The molecule has 0 saturated carbocycles. The Morgan fingerprint density at radius 1 is 0.750 bits per heavy atom. The van der Waals surface area contributed by atoms with E-state index in [1.165, 1.54) is 57.8 Å². The second-order valence-corrected chi connectivity index (χ2v) is 4.41. The van der Waals surface area contributed by atoms with Gasteiger partial charge in [0.1, 0.15) is 0 Å². The Labute approximate surface area is 103 Å². The van der Waals surface area contributed by atoms with E-state index in [2.05, 4.69) is 38.2 Å². The van der Waals surface area contributed by atoms with Gasteiger partial charge < -0.3 is 0 Å². The number of hydrogen-bond donors (Lipinski definition) is 0. The first-order valence-corrected chi connectivity index (χ1v) is 7.02. The molecular weight excluding hydrogens is 192 g/mol. The summed E-state index contributed by atoms with van der Waals surface area (Å²) < 4.78 is 0. The predicted octanol–water partition coefficient (Wildman–Crippen LogP) is 5.85. The van der Waals surface area contributed by atoms with E-state index in [0.717, 1.165) is 6.42 Å². The highest BCUT2D eigenvalue weighted by atomic mass is 14.0. The Bertz CT molecular complexity index is 165. The van der Waals surface area contributed by atoms with Crippen LogP contribution in [-0.4, -0.2) is 0 Å². The van der Waals surface area contributed by atoms with Gasteiger partial charge in [0.2, 0.25) is 0 Å². The number of allylic oxidation sites excluding steroid dienone is 4. The molecule has 0 aromatic heterocycles. The van der Waals surface area contributed by atoms with Gasteiger partial charge in [-0.25, -0.2) is 0 Å². The maximum atomic E-state index is 3.75. The molecule has 16 heavy (non-hydrogen) atoms. The Hall–Kier alpha value is -0.520. The normalized spacial score (nSPS) is 11.9. The first-order valence-electron chi connectivity index (χ1n) is 7.02. The van der Waals surface area contributed by atoms with Gasteiger partial charge in [-0.2, -0.15) is 0 Å². The summed E-state index contributed by atoms with van der Waals surface area (Å²) in [4.78, 5) is 0. The minimum absolute atomic E-state index is 0.891. The highest BCUT2D eigenvalue weighted by molar-refractivity contribution is 5.02. The molecule has 0 atom stereocenters. The van der Waals surface area contributed by atoms with Crippen molar-refractivity contribution in [3.05, 3.63) is 31.2 Å². The Morgan fingerprint density at radius 3 is 1.94 bits per heavy atom. The SMILES string of the molecule is [CH2]CC=CC=CCCCCCCCCCC. The van der Waals surface area contributed by atoms with Crippen LogP contribution in [0.2, 0.25) is 0 Å². The fraction of sp³-hybridized carbons (Fsp3) is 0.688. The maximum absolute atomic E-state index is 3.75. The minimum atomic E-state index is 0.891.